The summed E-state index contributed by atoms with van der Waals surface area (Å²) in [5.74, 6) is -17.2. The SMILES string of the molecule is CCC(C)C(C(CC(=O)N1CCCC1C(OC)C(C)C(=O)Oc1c(F)c(F)c(F)c(F)c1F)OC)N(C)C(=O)C(NC(=O)C1(C)CCCN1C)C(C)C. The first-order valence-corrected chi connectivity index (χ1v) is 18.2. The quantitative estimate of drug-likeness (QED) is 0.0838. The molecule has 2 aliphatic heterocycles. The lowest BCUT2D eigenvalue weighted by Gasteiger charge is -2.41. The van der Waals surface area contributed by atoms with Crippen molar-refractivity contribution in [2.45, 2.75) is 116 Å². The number of amides is 3. The fourth-order valence-electron chi connectivity index (χ4n) is 7.57. The molecule has 8 atom stereocenters. The third-order valence-electron chi connectivity index (χ3n) is 11.3. The van der Waals surface area contributed by atoms with Crippen molar-refractivity contribution in [3.63, 3.8) is 0 Å². The monoisotopic (exact) mass is 762 g/mol. The van der Waals surface area contributed by atoms with Gasteiger partial charge in [0.15, 0.2) is 0 Å². The van der Waals surface area contributed by atoms with E-state index < -0.39 is 82.6 Å². The topological polar surface area (TPSA) is 118 Å². The number of esters is 1. The van der Waals surface area contributed by atoms with Crippen LogP contribution in [0.3, 0.4) is 0 Å². The average Bonchev–Trinajstić information content (AvgIpc) is 3.76. The predicted octanol–water partition coefficient (Wildman–Crippen LogP) is 4.83. The van der Waals surface area contributed by atoms with Crippen molar-refractivity contribution < 1.29 is 55.3 Å². The molecule has 0 saturated carbocycles. The van der Waals surface area contributed by atoms with E-state index in [1.54, 1.807) is 11.9 Å². The summed E-state index contributed by atoms with van der Waals surface area (Å²) in [5.41, 5.74) is -0.743. The molecular weight excluding hydrogens is 707 g/mol. The number of ether oxygens (including phenoxy) is 3. The first kappa shape index (κ1) is 44.0. The number of likely N-dealkylation sites (N-methyl/N-ethyl adjacent to an activating group) is 2. The second-order valence-corrected chi connectivity index (χ2v) is 14.9. The number of rotatable bonds is 16. The average molecular weight is 763 g/mol. The fraction of sp³-hybridized carbons (Fsp3) is 0.730. The summed E-state index contributed by atoms with van der Waals surface area (Å²) < 4.78 is 85.8. The highest BCUT2D eigenvalue weighted by Gasteiger charge is 2.46. The van der Waals surface area contributed by atoms with Crippen LogP contribution in [-0.2, 0) is 28.7 Å². The maximum atomic E-state index is 14.3. The normalized spacial score (nSPS) is 22.6. The first-order chi connectivity index (χ1) is 24.8. The number of carbonyl (C=O) groups excluding carboxylic acids is 4. The van der Waals surface area contributed by atoms with Crippen LogP contribution in [0.5, 0.6) is 5.75 Å². The molecule has 11 nitrogen and oxygen atoms in total. The summed E-state index contributed by atoms with van der Waals surface area (Å²) in [7, 11) is 6.23. The van der Waals surface area contributed by atoms with Gasteiger partial charge >= 0.3 is 5.97 Å². The van der Waals surface area contributed by atoms with Gasteiger partial charge in [0.2, 0.25) is 52.6 Å². The van der Waals surface area contributed by atoms with Gasteiger partial charge in [0.25, 0.3) is 0 Å². The number of halogens is 5. The summed E-state index contributed by atoms with van der Waals surface area (Å²) in [4.78, 5) is 59.8. The second kappa shape index (κ2) is 18.3. The number of benzene rings is 1. The van der Waals surface area contributed by atoms with E-state index in [1.165, 1.54) is 26.0 Å². The van der Waals surface area contributed by atoms with Crippen LogP contribution < -0.4 is 10.1 Å². The molecule has 0 aliphatic carbocycles. The predicted molar refractivity (Wildman–Crippen MR) is 185 cm³/mol. The molecule has 1 aromatic rings. The number of methoxy groups -OCH3 is 2. The molecule has 2 saturated heterocycles. The summed E-state index contributed by atoms with van der Waals surface area (Å²) in [6.45, 7) is 11.8. The lowest BCUT2D eigenvalue weighted by Crippen LogP contribution is -2.61. The van der Waals surface area contributed by atoms with E-state index in [-0.39, 0.29) is 42.5 Å². The lowest BCUT2D eigenvalue weighted by molar-refractivity contribution is -0.151. The van der Waals surface area contributed by atoms with Gasteiger partial charge in [0.1, 0.15) is 6.04 Å². The van der Waals surface area contributed by atoms with E-state index in [2.05, 4.69) is 10.1 Å². The molecule has 1 aromatic carbocycles. The first-order valence-electron chi connectivity index (χ1n) is 18.2. The Labute approximate surface area is 308 Å². The molecule has 3 rings (SSSR count). The summed E-state index contributed by atoms with van der Waals surface area (Å²) in [5, 5.41) is 3.00. The van der Waals surface area contributed by atoms with Gasteiger partial charge in [-0.25, -0.2) is 13.2 Å². The zero-order valence-corrected chi connectivity index (χ0v) is 32.4. The smallest absolute Gasteiger partial charge is 0.316 e. The zero-order valence-electron chi connectivity index (χ0n) is 32.4. The Morgan fingerprint density at radius 2 is 1.51 bits per heavy atom. The molecule has 300 valence electrons. The van der Waals surface area contributed by atoms with Gasteiger partial charge in [-0.2, -0.15) is 8.78 Å². The third-order valence-corrected chi connectivity index (χ3v) is 11.3. The minimum absolute atomic E-state index is 0.137. The van der Waals surface area contributed by atoms with Gasteiger partial charge in [-0.05, 0) is 65.0 Å². The minimum Gasteiger partial charge on any atom is -0.420 e. The van der Waals surface area contributed by atoms with Crippen LogP contribution >= 0.6 is 0 Å². The molecule has 0 aromatic heterocycles. The highest BCUT2D eigenvalue weighted by Crippen LogP contribution is 2.33. The molecule has 53 heavy (non-hydrogen) atoms. The van der Waals surface area contributed by atoms with Crippen molar-refractivity contribution >= 4 is 23.7 Å². The van der Waals surface area contributed by atoms with E-state index in [1.807, 2.05) is 46.6 Å². The number of hydrogen-bond acceptors (Lipinski definition) is 8. The van der Waals surface area contributed by atoms with E-state index in [9.17, 15) is 41.1 Å². The van der Waals surface area contributed by atoms with Gasteiger partial charge < -0.3 is 29.3 Å². The van der Waals surface area contributed by atoms with Crippen molar-refractivity contribution in [2.24, 2.45) is 17.8 Å². The van der Waals surface area contributed by atoms with Crippen LogP contribution in [0.25, 0.3) is 0 Å². The molecular formula is C37H55F5N4O7. The highest BCUT2D eigenvalue weighted by atomic mass is 19.2. The van der Waals surface area contributed by atoms with Crippen LogP contribution in [0.4, 0.5) is 22.0 Å². The van der Waals surface area contributed by atoms with Gasteiger partial charge in [-0.3, -0.25) is 24.1 Å². The van der Waals surface area contributed by atoms with Crippen molar-refractivity contribution in [1.82, 2.24) is 20.0 Å². The second-order valence-electron chi connectivity index (χ2n) is 14.9. The van der Waals surface area contributed by atoms with Gasteiger partial charge in [0, 0.05) is 27.8 Å². The van der Waals surface area contributed by atoms with Crippen LogP contribution in [0, 0.1) is 46.8 Å². The van der Waals surface area contributed by atoms with Gasteiger partial charge in [-0.15, -0.1) is 0 Å². The molecule has 2 aliphatic rings. The van der Waals surface area contributed by atoms with Crippen LogP contribution in [0.2, 0.25) is 0 Å². The zero-order chi connectivity index (χ0) is 40.1. The van der Waals surface area contributed by atoms with E-state index >= 15 is 0 Å². The van der Waals surface area contributed by atoms with Crippen molar-refractivity contribution in [3.8, 4) is 5.75 Å². The Kier molecular flexibility index (Phi) is 15.2. The molecule has 2 heterocycles. The Hall–Kier alpha value is -3.37. The molecule has 0 spiro atoms. The number of hydrogen-bond donors (Lipinski definition) is 1. The fourth-order valence-corrected chi connectivity index (χ4v) is 7.57. The maximum absolute atomic E-state index is 14.3. The van der Waals surface area contributed by atoms with Gasteiger partial charge in [-0.1, -0.05) is 34.1 Å². The Morgan fingerprint density at radius 3 is 2.00 bits per heavy atom. The summed E-state index contributed by atoms with van der Waals surface area (Å²) in [6.07, 6.45) is 1.03. The van der Waals surface area contributed by atoms with E-state index in [0.717, 1.165) is 13.0 Å². The van der Waals surface area contributed by atoms with Crippen LogP contribution in [-0.4, -0.2) is 116 Å². The molecule has 2 fully saturated rings. The molecule has 3 amide bonds. The molecule has 16 heteroatoms. The maximum Gasteiger partial charge on any atom is 0.316 e. The number of nitrogens with zero attached hydrogens (tertiary/aromatic N) is 3. The third kappa shape index (κ3) is 9.13. The highest BCUT2D eigenvalue weighted by molar-refractivity contribution is 5.92. The summed E-state index contributed by atoms with van der Waals surface area (Å²) >= 11 is 0. The molecule has 0 radical (unpaired) electrons. The van der Waals surface area contributed by atoms with Crippen LogP contribution in [0.1, 0.15) is 80.1 Å². The number of nitrogens with one attached hydrogen (secondary N) is 1. The van der Waals surface area contributed by atoms with E-state index in [4.69, 9.17) is 9.47 Å². The van der Waals surface area contributed by atoms with Crippen LogP contribution in [0.15, 0.2) is 0 Å². The summed E-state index contributed by atoms with van der Waals surface area (Å²) in [6, 6.07) is -2.14. The largest absolute Gasteiger partial charge is 0.420 e. The molecule has 1 N–H and O–H groups in total. The Morgan fingerprint density at radius 1 is 0.925 bits per heavy atom. The number of carbonyl (C=O) groups is 4. The number of likely N-dealkylation sites (tertiary alicyclic amines) is 2. The van der Waals surface area contributed by atoms with Crippen molar-refractivity contribution in [1.29, 1.82) is 0 Å². The standard InChI is InChI=1S/C37H55F5N4O7/c1-11-20(4)31(45(8)34(48)30(19(2)3)43-36(50)37(6)15-13-16-44(37)7)23(51-9)18-24(47)46-17-12-14-22(46)32(52-10)21(5)35(49)53-33-28(41)26(39)25(38)27(40)29(33)42/h19-23,30-32H,11-18H2,1-10H3,(H,43,50). The Balaban J connectivity index is 1.81. The molecule has 0 bridgehead atoms. The van der Waals surface area contributed by atoms with Gasteiger partial charge in [0.05, 0.1) is 42.2 Å². The van der Waals surface area contributed by atoms with Crippen molar-refractivity contribution in [2.75, 3.05) is 41.4 Å². The molecule has 8 unspecified atom stereocenters. The minimum atomic E-state index is -2.39. The van der Waals surface area contributed by atoms with E-state index in [0.29, 0.717) is 25.7 Å². The van der Waals surface area contributed by atoms with Crippen molar-refractivity contribution in [3.05, 3.63) is 29.1 Å². The lowest BCUT2D eigenvalue weighted by atomic mass is 9.89. The Bertz CT molecular complexity index is 1470.